The third kappa shape index (κ3) is 3.50. The molecule has 16 heavy (non-hydrogen) atoms. The fourth-order valence-electron chi connectivity index (χ4n) is 1.24. The van der Waals surface area contributed by atoms with Crippen molar-refractivity contribution in [2.75, 3.05) is 6.54 Å². The van der Waals surface area contributed by atoms with E-state index in [4.69, 9.17) is 0 Å². The Balaban J connectivity index is 2.55. The van der Waals surface area contributed by atoms with Crippen LogP contribution >= 0.6 is 0 Å². The Hall–Kier alpha value is -1.07. The van der Waals surface area contributed by atoms with Crippen LogP contribution in [0.5, 0.6) is 0 Å². The zero-order valence-corrected chi connectivity index (χ0v) is 8.93. The van der Waals surface area contributed by atoms with E-state index in [0.717, 1.165) is 12.1 Å². The molecule has 0 aliphatic rings. The van der Waals surface area contributed by atoms with Gasteiger partial charge in [-0.25, -0.2) is 13.2 Å². The molecule has 2 N–H and O–H groups in total. The highest BCUT2D eigenvalue weighted by molar-refractivity contribution is 5.19. The van der Waals surface area contributed by atoms with Crippen LogP contribution in [0.3, 0.4) is 0 Å². The van der Waals surface area contributed by atoms with E-state index in [1.807, 2.05) is 6.92 Å². The summed E-state index contributed by atoms with van der Waals surface area (Å²) >= 11 is 0. The largest absolute Gasteiger partial charge is 0.392 e. The van der Waals surface area contributed by atoms with Gasteiger partial charge in [0.05, 0.1) is 6.10 Å². The maximum atomic E-state index is 12.8. The van der Waals surface area contributed by atoms with E-state index in [-0.39, 0.29) is 6.54 Å². The van der Waals surface area contributed by atoms with E-state index in [1.54, 1.807) is 0 Å². The molecule has 1 unspecified atom stereocenters. The van der Waals surface area contributed by atoms with Crippen molar-refractivity contribution in [2.45, 2.75) is 26.0 Å². The first-order chi connectivity index (χ1) is 7.54. The van der Waals surface area contributed by atoms with E-state index in [2.05, 4.69) is 5.32 Å². The third-order valence-electron chi connectivity index (χ3n) is 2.22. The lowest BCUT2D eigenvalue weighted by molar-refractivity contribution is 0.167. The number of hydrogen-bond acceptors (Lipinski definition) is 2. The van der Waals surface area contributed by atoms with Crippen LogP contribution in [-0.2, 0) is 6.54 Å². The number of aliphatic hydroxyl groups is 1. The summed E-state index contributed by atoms with van der Waals surface area (Å²) in [6.07, 6.45) is 0.106. The second kappa shape index (κ2) is 5.86. The smallest absolute Gasteiger partial charge is 0.194 e. The van der Waals surface area contributed by atoms with E-state index >= 15 is 0 Å². The molecule has 2 nitrogen and oxygen atoms in total. The lowest BCUT2D eigenvalue weighted by atomic mass is 10.2. The molecule has 1 aromatic carbocycles. The molecule has 0 bridgehead atoms. The standard InChI is InChI=1S/C11H14F3NO/c1-2-8(16)6-15-5-7-3-9(12)11(14)10(13)4-7/h3-4,8,15-16H,2,5-6H2,1H3. The predicted octanol–water partition coefficient (Wildman–Crippen LogP) is 1.96. The molecule has 0 fully saturated rings. The summed E-state index contributed by atoms with van der Waals surface area (Å²) < 4.78 is 38.2. The predicted molar refractivity (Wildman–Crippen MR) is 54.3 cm³/mol. The van der Waals surface area contributed by atoms with E-state index in [1.165, 1.54) is 0 Å². The minimum absolute atomic E-state index is 0.186. The van der Waals surface area contributed by atoms with E-state index < -0.39 is 23.6 Å². The van der Waals surface area contributed by atoms with Crippen LogP contribution in [0.15, 0.2) is 12.1 Å². The molecule has 0 aliphatic carbocycles. The van der Waals surface area contributed by atoms with Crippen molar-refractivity contribution in [1.82, 2.24) is 5.32 Å². The second-order valence-corrected chi connectivity index (χ2v) is 3.57. The minimum Gasteiger partial charge on any atom is -0.392 e. The molecule has 0 aromatic heterocycles. The summed E-state index contributed by atoms with van der Waals surface area (Å²) in [4.78, 5) is 0. The Kier molecular flexibility index (Phi) is 4.76. The maximum absolute atomic E-state index is 12.8. The summed E-state index contributed by atoms with van der Waals surface area (Å²) in [7, 11) is 0. The molecule has 1 atom stereocenters. The van der Waals surface area contributed by atoms with E-state index in [0.29, 0.717) is 18.5 Å². The van der Waals surface area contributed by atoms with Gasteiger partial charge in [0.2, 0.25) is 0 Å². The molecule has 0 aliphatic heterocycles. The lowest BCUT2D eigenvalue weighted by Gasteiger charge is -2.09. The molecule has 0 heterocycles. The molecular weight excluding hydrogens is 219 g/mol. The van der Waals surface area contributed by atoms with Crippen LogP contribution in [0.2, 0.25) is 0 Å². The molecule has 5 heteroatoms. The van der Waals surface area contributed by atoms with Gasteiger partial charge in [-0.15, -0.1) is 0 Å². The summed E-state index contributed by atoms with van der Waals surface area (Å²) in [6.45, 7) is 2.34. The minimum atomic E-state index is -1.46. The highest BCUT2D eigenvalue weighted by Gasteiger charge is 2.10. The summed E-state index contributed by atoms with van der Waals surface area (Å²) in [5, 5.41) is 12.0. The van der Waals surface area contributed by atoms with Crippen molar-refractivity contribution < 1.29 is 18.3 Å². The van der Waals surface area contributed by atoms with Gasteiger partial charge in [0.1, 0.15) is 0 Å². The molecule has 0 radical (unpaired) electrons. The Morgan fingerprint density at radius 3 is 2.31 bits per heavy atom. The number of benzene rings is 1. The first-order valence-electron chi connectivity index (χ1n) is 5.06. The molecule has 90 valence electrons. The highest BCUT2D eigenvalue weighted by atomic mass is 19.2. The van der Waals surface area contributed by atoms with Gasteiger partial charge < -0.3 is 10.4 Å². The van der Waals surface area contributed by atoms with Gasteiger partial charge in [0, 0.05) is 13.1 Å². The molecular formula is C11H14F3NO. The van der Waals surface area contributed by atoms with Gasteiger partial charge in [0.15, 0.2) is 17.5 Å². The number of hydrogen-bond donors (Lipinski definition) is 2. The van der Waals surface area contributed by atoms with Gasteiger partial charge >= 0.3 is 0 Å². The maximum Gasteiger partial charge on any atom is 0.194 e. The highest BCUT2D eigenvalue weighted by Crippen LogP contribution is 2.13. The number of halogens is 3. The van der Waals surface area contributed by atoms with Crippen LogP contribution in [0.25, 0.3) is 0 Å². The zero-order valence-electron chi connectivity index (χ0n) is 8.93. The molecule has 1 aromatic rings. The Labute approximate surface area is 92.1 Å². The van der Waals surface area contributed by atoms with Crippen molar-refractivity contribution in [2.24, 2.45) is 0 Å². The van der Waals surface area contributed by atoms with Gasteiger partial charge in [-0.1, -0.05) is 6.92 Å². The summed E-state index contributed by atoms with van der Waals surface area (Å²) in [6, 6.07) is 1.87. The van der Waals surface area contributed by atoms with Gasteiger partial charge in [-0.2, -0.15) is 0 Å². The van der Waals surface area contributed by atoms with Gasteiger partial charge in [0.25, 0.3) is 0 Å². The van der Waals surface area contributed by atoms with Crippen molar-refractivity contribution in [3.05, 3.63) is 35.1 Å². The van der Waals surface area contributed by atoms with Crippen molar-refractivity contribution in [1.29, 1.82) is 0 Å². The molecule has 0 amide bonds. The zero-order chi connectivity index (χ0) is 12.1. The lowest BCUT2D eigenvalue weighted by Crippen LogP contribution is -2.25. The summed E-state index contributed by atoms with van der Waals surface area (Å²) in [5.74, 6) is -3.86. The van der Waals surface area contributed by atoms with Crippen molar-refractivity contribution in [3.63, 3.8) is 0 Å². The normalized spacial score (nSPS) is 12.8. The summed E-state index contributed by atoms with van der Waals surface area (Å²) in [5.41, 5.74) is 0.305. The van der Waals surface area contributed by atoms with Crippen LogP contribution < -0.4 is 5.32 Å². The number of aliphatic hydroxyl groups excluding tert-OH is 1. The monoisotopic (exact) mass is 233 g/mol. The van der Waals surface area contributed by atoms with Crippen molar-refractivity contribution >= 4 is 0 Å². The Morgan fingerprint density at radius 1 is 1.25 bits per heavy atom. The van der Waals surface area contributed by atoms with Crippen LogP contribution in [0.4, 0.5) is 13.2 Å². The average molecular weight is 233 g/mol. The first kappa shape index (κ1) is 13.0. The fraction of sp³-hybridized carbons (Fsp3) is 0.455. The topological polar surface area (TPSA) is 32.3 Å². The van der Waals surface area contributed by atoms with Gasteiger partial charge in [-0.3, -0.25) is 0 Å². The average Bonchev–Trinajstić information content (AvgIpc) is 2.25. The molecule has 0 saturated carbocycles. The Morgan fingerprint density at radius 2 is 1.81 bits per heavy atom. The Bertz CT molecular complexity index is 334. The SMILES string of the molecule is CCC(O)CNCc1cc(F)c(F)c(F)c1. The van der Waals surface area contributed by atoms with Crippen LogP contribution in [-0.4, -0.2) is 17.8 Å². The quantitative estimate of drug-likeness (QED) is 0.762. The fourth-order valence-corrected chi connectivity index (χ4v) is 1.24. The molecule has 0 spiro atoms. The van der Waals surface area contributed by atoms with Gasteiger partial charge in [-0.05, 0) is 24.1 Å². The molecule has 0 saturated heterocycles. The molecule has 1 rings (SSSR count). The number of nitrogens with one attached hydrogen (secondary N) is 1. The van der Waals surface area contributed by atoms with Crippen molar-refractivity contribution in [3.8, 4) is 0 Å². The number of rotatable bonds is 5. The van der Waals surface area contributed by atoms with Crippen LogP contribution in [0.1, 0.15) is 18.9 Å². The second-order valence-electron chi connectivity index (χ2n) is 3.57. The van der Waals surface area contributed by atoms with E-state index in [9.17, 15) is 18.3 Å². The third-order valence-corrected chi connectivity index (χ3v) is 2.22. The first-order valence-corrected chi connectivity index (χ1v) is 5.06. The van der Waals surface area contributed by atoms with Crippen LogP contribution in [0, 0.1) is 17.5 Å².